The summed E-state index contributed by atoms with van der Waals surface area (Å²) in [5, 5.41) is 3.73. The lowest BCUT2D eigenvalue weighted by Crippen LogP contribution is -2.39. The van der Waals surface area contributed by atoms with Crippen LogP contribution < -0.4 is 10.2 Å². The van der Waals surface area contributed by atoms with Gasteiger partial charge in [-0.1, -0.05) is 53.5 Å². The lowest BCUT2D eigenvalue weighted by atomic mass is 10.1. The highest BCUT2D eigenvalue weighted by atomic mass is 35.5. The van der Waals surface area contributed by atoms with Crippen LogP contribution in [0.1, 0.15) is 22.3 Å². The summed E-state index contributed by atoms with van der Waals surface area (Å²) in [4.78, 5) is 41.4. The molecular weight excluding hydrogens is 533 g/mol. The molecule has 37 heavy (non-hydrogen) atoms. The third kappa shape index (κ3) is 6.10. The zero-order valence-corrected chi connectivity index (χ0v) is 22.1. The third-order valence-electron chi connectivity index (χ3n) is 5.93. The topological polar surface area (TPSA) is 78.9 Å². The highest BCUT2D eigenvalue weighted by molar-refractivity contribution is 7.80. The van der Waals surface area contributed by atoms with Crippen molar-refractivity contribution in [3.05, 3.63) is 94.0 Å². The zero-order valence-electron chi connectivity index (χ0n) is 19.8. The van der Waals surface area contributed by atoms with Crippen molar-refractivity contribution in [2.24, 2.45) is 0 Å². The van der Waals surface area contributed by atoms with Crippen LogP contribution in [0.2, 0.25) is 10.0 Å². The lowest BCUT2D eigenvalue weighted by Gasteiger charge is -2.24. The number of amides is 2. The number of carbonyl (C=O) groups is 3. The monoisotopic (exact) mass is 555 g/mol. The predicted octanol–water partition coefficient (Wildman–Crippen LogP) is 5.35. The van der Waals surface area contributed by atoms with Gasteiger partial charge < -0.3 is 15.0 Å². The molecule has 0 saturated carbocycles. The summed E-state index contributed by atoms with van der Waals surface area (Å²) in [5.41, 5.74) is 2.42. The maximum Gasteiger partial charge on any atom is 0.337 e. The number of esters is 1. The van der Waals surface area contributed by atoms with Gasteiger partial charge in [-0.05, 0) is 66.7 Å². The number of rotatable bonds is 8. The van der Waals surface area contributed by atoms with Gasteiger partial charge in [0.2, 0.25) is 5.91 Å². The minimum atomic E-state index is -0.806. The molecule has 7 nitrogen and oxygen atoms in total. The number of hydrogen-bond acceptors (Lipinski definition) is 5. The molecule has 1 N–H and O–H groups in total. The van der Waals surface area contributed by atoms with Crippen molar-refractivity contribution in [3.63, 3.8) is 0 Å². The molecule has 1 saturated heterocycles. The van der Waals surface area contributed by atoms with E-state index >= 15 is 0 Å². The zero-order chi connectivity index (χ0) is 26.5. The van der Waals surface area contributed by atoms with Crippen LogP contribution in [-0.2, 0) is 20.7 Å². The van der Waals surface area contributed by atoms with Crippen molar-refractivity contribution < 1.29 is 19.1 Å². The molecule has 0 bridgehead atoms. The Bertz CT molecular complexity index is 1340. The molecule has 10 heteroatoms. The van der Waals surface area contributed by atoms with Gasteiger partial charge in [0.25, 0.3) is 5.91 Å². The first-order chi connectivity index (χ1) is 17.8. The molecule has 1 heterocycles. The fraction of sp³-hybridized carbons (Fsp3) is 0.185. The van der Waals surface area contributed by atoms with Gasteiger partial charge in [-0.3, -0.25) is 14.5 Å². The molecule has 3 aromatic rings. The molecule has 1 fully saturated rings. The van der Waals surface area contributed by atoms with Crippen molar-refractivity contribution in [2.45, 2.75) is 18.9 Å². The van der Waals surface area contributed by atoms with E-state index in [-0.39, 0.29) is 18.2 Å². The van der Waals surface area contributed by atoms with Crippen molar-refractivity contribution in [3.8, 4) is 0 Å². The minimum Gasteiger partial charge on any atom is -0.465 e. The van der Waals surface area contributed by atoms with Crippen molar-refractivity contribution in [2.75, 3.05) is 23.9 Å². The molecule has 2 amide bonds. The first kappa shape index (κ1) is 26.6. The van der Waals surface area contributed by atoms with Gasteiger partial charge in [-0.15, -0.1) is 0 Å². The maximum absolute atomic E-state index is 13.6. The number of nitrogens with one attached hydrogen (secondary N) is 1. The number of benzene rings is 3. The molecule has 4 rings (SSSR count). The second kappa shape index (κ2) is 11.7. The number of halogens is 2. The van der Waals surface area contributed by atoms with Gasteiger partial charge in [0.1, 0.15) is 6.04 Å². The summed E-state index contributed by atoms with van der Waals surface area (Å²) in [6.45, 7) is 0.443. The quantitative estimate of drug-likeness (QED) is 0.298. The Morgan fingerprint density at radius 3 is 2.35 bits per heavy atom. The van der Waals surface area contributed by atoms with Crippen molar-refractivity contribution in [1.82, 2.24) is 4.90 Å². The number of methoxy groups -OCH3 is 1. The summed E-state index contributed by atoms with van der Waals surface area (Å²) in [6.07, 6.45) is 0.515. The fourth-order valence-corrected chi connectivity index (χ4v) is 4.74. The van der Waals surface area contributed by atoms with E-state index in [2.05, 4.69) is 5.32 Å². The Kier molecular flexibility index (Phi) is 8.43. The van der Waals surface area contributed by atoms with Crippen LogP contribution in [0.3, 0.4) is 0 Å². The van der Waals surface area contributed by atoms with Gasteiger partial charge in [-0.25, -0.2) is 4.79 Å². The average Bonchev–Trinajstić information content (AvgIpc) is 3.13. The van der Waals surface area contributed by atoms with Gasteiger partial charge >= 0.3 is 5.97 Å². The smallest absolute Gasteiger partial charge is 0.337 e. The first-order valence-electron chi connectivity index (χ1n) is 11.4. The number of carbonyl (C=O) groups excluding carboxylic acids is 3. The van der Waals surface area contributed by atoms with Gasteiger partial charge in [0.15, 0.2) is 5.11 Å². The van der Waals surface area contributed by atoms with E-state index in [0.717, 1.165) is 5.56 Å². The summed E-state index contributed by atoms with van der Waals surface area (Å²) in [7, 11) is 1.30. The number of nitrogens with zero attached hydrogens (tertiary/aromatic N) is 2. The average molecular weight is 556 g/mol. The molecule has 1 unspecified atom stereocenters. The van der Waals surface area contributed by atoms with Gasteiger partial charge in [-0.2, -0.15) is 0 Å². The second-order valence-electron chi connectivity index (χ2n) is 8.32. The molecule has 190 valence electrons. The number of thiocarbonyl (C=S) groups is 1. The molecule has 3 aromatic carbocycles. The van der Waals surface area contributed by atoms with Crippen LogP contribution in [0.25, 0.3) is 0 Å². The van der Waals surface area contributed by atoms with E-state index in [0.29, 0.717) is 45.1 Å². The van der Waals surface area contributed by atoms with E-state index in [4.69, 9.17) is 40.2 Å². The summed E-state index contributed by atoms with van der Waals surface area (Å²) >= 11 is 18.0. The highest BCUT2D eigenvalue weighted by Gasteiger charge is 2.44. The Morgan fingerprint density at radius 2 is 1.70 bits per heavy atom. The number of anilines is 2. The van der Waals surface area contributed by atoms with E-state index in [9.17, 15) is 14.4 Å². The third-order valence-corrected chi connectivity index (χ3v) is 7.09. The van der Waals surface area contributed by atoms with Crippen molar-refractivity contribution in [1.29, 1.82) is 0 Å². The molecule has 0 radical (unpaired) electrons. The van der Waals surface area contributed by atoms with Crippen LogP contribution in [0.4, 0.5) is 11.4 Å². The Morgan fingerprint density at radius 1 is 1.00 bits per heavy atom. The van der Waals surface area contributed by atoms with E-state index in [1.54, 1.807) is 47.4 Å². The van der Waals surface area contributed by atoms with Crippen LogP contribution in [0.15, 0.2) is 72.8 Å². The molecule has 0 spiro atoms. The molecule has 0 aliphatic carbocycles. The molecule has 1 atom stereocenters. The predicted molar refractivity (Wildman–Crippen MR) is 148 cm³/mol. The van der Waals surface area contributed by atoms with Crippen LogP contribution in [0, 0.1) is 0 Å². The first-order valence-corrected chi connectivity index (χ1v) is 12.6. The SMILES string of the molecule is COC(=O)c1ccc(NC(=O)CC2C(=O)N(c3ccc(Cl)c(Cl)c3)C(=S)N2CCc2ccccc2)cc1. The molecule has 0 aromatic heterocycles. The normalized spacial score (nSPS) is 15.2. The van der Waals surface area contributed by atoms with Crippen molar-refractivity contribution >= 4 is 69.7 Å². The summed E-state index contributed by atoms with van der Waals surface area (Å²) in [6, 6.07) is 20.2. The largest absolute Gasteiger partial charge is 0.465 e. The van der Waals surface area contributed by atoms with Crippen LogP contribution >= 0.6 is 35.4 Å². The standard InChI is InChI=1S/C27H23Cl2N3O4S/c1-36-26(35)18-7-9-19(10-8-18)30-24(33)16-23-25(34)32(20-11-12-21(28)22(29)15-20)27(37)31(23)14-13-17-5-3-2-4-6-17/h2-12,15,23H,13-14,16H2,1H3,(H,30,33). The van der Waals surface area contributed by atoms with E-state index < -0.39 is 12.0 Å². The van der Waals surface area contributed by atoms with E-state index in [1.165, 1.54) is 12.0 Å². The molecule has 1 aliphatic rings. The highest BCUT2D eigenvalue weighted by Crippen LogP contribution is 2.32. The molecular formula is C27H23Cl2N3O4S. The Labute approximate surface area is 229 Å². The van der Waals surface area contributed by atoms with Gasteiger partial charge in [0, 0.05) is 12.2 Å². The summed E-state index contributed by atoms with van der Waals surface area (Å²) in [5.74, 6) is -1.17. The number of hydrogen-bond donors (Lipinski definition) is 1. The Hall–Kier alpha value is -3.46. The Balaban J connectivity index is 1.54. The summed E-state index contributed by atoms with van der Waals surface area (Å²) < 4.78 is 4.69. The fourth-order valence-electron chi connectivity index (χ4n) is 4.04. The number of ether oxygens (including phenoxy) is 1. The van der Waals surface area contributed by atoms with Crippen LogP contribution in [0.5, 0.6) is 0 Å². The molecule has 1 aliphatic heterocycles. The minimum absolute atomic E-state index is 0.121. The van der Waals surface area contributed by atoms with Crippen LogP contribution in [-0.4, -0.2) is 47.5 Å². The van der Waals surface area contributed by atoms with Gasteiger partial charge in [0.05, 0.1) is 34.8 Å². The maximum atomic E-state index is 13.6. The van der Waals surface area contributed by atoms with E-state index in [1.807, 2.05) is 30.3 Å². The second-order valence-corrected chi connectivity index (χ2v) is 9.50. The lowest BCUT2D eigenvalue weighted by molar-refractivity contribution is -0.124.